The zero-order chi connectivity index (χ0) is 21.8. The molecule has 164 valence electrons. The van der Waals surface area contributed by atoms with Crippen LogP contribution in [0.4, 0.5) is 0 Å². The molecule has 0 saturated carbocycles. The van der Waals surface area contributed by atoms with E-state index >= 15 is 0 Å². The first kappa shape index (κ1) is 21.9. The Hall–Kier alpha value is -2.29. The van der Waals surface area contributed by atoms with Crippen molar-refractivity contribution in [3.8, 4) is 0 Å². The SMILES string of the molecule is C[C@H]1O[C@@H](O)C[C@@H](OCc2ccc3ccccc3c2)[C@@H]1OS(=O)(=O)Cc1ccccc1. The lowest BCUT2D eigenvalue weighted by Crippen LogP contribution is -2.50. The molecule has 6 nitrogen and oxygen atoms in total. The number of aliphatic hydroxyl groups is 1. The Balaban J connectivity index is 1.47. The summed E-state index contributed by atoms with van der Waals surface area (Å²) in [4.78, 5) is 0. The maximum absolute atomic E-state index is 12.7. The third-order valence-corrected chi connectivity index (χ3v) is 6.56. The van der Waals surface area contributed by atoms with E-state index in [1.165, 1.54) is 0 Å². The summed E-state index contributed by atoms with van der Waals surface area (Å²) in [6.45, 7) is 1.95. The van der Waals surface area contributed by atoms with Crippen molar-refractivity contribution in [2.24, 2.45) is 0 Å². The predicted octanol–water partition coefficient (Wildman–Crippen LogP) is 3.77. The summed E-state index contributed by atoms with van der Waals surface area (Å²) in [7, 11) is -3.87. The van der Waals surface area contributed by atoms with Gasteiger partial charge in [-0.2, -0.15) is 8.42 Å². The summed E-state index contributed by atoms with van der Waals surface area (Å²) < 4.78 is 42.3. The van der Waals surface area contributed by atoms with Gasteiger partial charge in [-0.1, -0.05) is 66.7 Å². The summed E-state index contributed by atoms with van der Waals surface area (Å²) in [5, 5.41) is 12.3. The number of ether oxygens (including phenoxy) is 2. The Kier molecular flexibility index (Phi) is 6.69. The molecule has 1 aliphatic rings. The Labute approximate surface area is 182 Å². The molecule has 0 amide bonds. The molecule has 0 unspecified atom stereocenters. The van der Waals surface area contributed by atoms with Crippen molar-refractivity contribution in [2.75, 3.05) is 0 Å². The normalized spacial score (nSPS) is 24.3. The first-order valence-electron chi connectivity index (χ1n) is 10.3. The van der Waals surface area contributed by atoms with Crippen molar-refractivity contribution in [3.05, 3.63) is 83.9 Å². The topological polar surface area (TPSA) is 82.1 Å². The number of aliphatic hydroxyl groups excluding tert-OH is 1. The average molecular weight is 443 g/mol. The number of rotatable bonds is 7. The van der Waals surface area contributed by atoms with Gasteiger partial charge in [0, 0.05) is 6.42 Å². The highest BCUT2D eigenvalue weighted by atomic mass is 32.2. The predicted molar refractivity (Wildman–Crippen MR) is 118 cm³/mol. The van der Waals surface area contributed by atoms with E-state index < -0.39 is 34.7 Å². The molecule has 1 saturated heterocycles. The first-order chi connectivity index (χ1) is 14.9. The van der Waals surface area contributed by atoms with Gasteiger partial charge in [0.25, 0.3) is 10.1 Å². The summed E-state index contributed by atoms with van der Waals surface area (Å²) in [5.41, 5.74) is 1.60. The Morgan fingerprint density at radius 1 is 0.968 bits per heavy atom. The van der Waals surface area contributed by atoms with Gasteiger partial charge in [0.15, 0.2) is 6.29 Å². The monoisotopic (exact) mass is 442 g/mol. The van der Waals surface area contributed by atoms with Gasteiger partial charge in [-0.25, -0.2) is 0 Å². The van der Waals surface area contributed by atoms with Crippen LogP contribution in [0.2, 0.25) is 0 Å². The highest BCUT2D eigenvalue weighted by Gasteiger charge is 2.40. The fourth-order valence-corrected chi connectivity index (χ4v) is 5.12. The van der Waals surface area contributed by atoms with Gasteiger partial charge in [-0.15, -0.1) is 0 Å². The summed E-state index contributed by atoms with van der Waals surface area (Å²) >= 11 is 0. The Bertz CT molecular complexity index is 1120. The molecule has 3 aromatic rings. The highest BCUT2D eigenvalue weighted by molar-refractivity contribution is 7.85. The van der Waals surface area contributed by atoms with Crippen LogP contribution in [0, 0.1) is 0 Å². The molecule has 0 radical (unpaired) electrons. The average Bonchev–Trinajstić information content (AvgIpc) is 2.74. The summed E-state index contributed by atoms with van der Waals surface area (Å²) in [6.07, 6.45) is -3.03. The third kappa shape index (κ3) is 5.70. The molecule has 1 fully saturated rings. The van der Waals surface area contributed by atoms with Crippen LogP contribution in [0.5, 0.6) is 0 Å². The van der Waals surface area contributed by atoms with E-state index in [-0.39, 0.29) is 18.8 Å². The number of hydrogen-bond acceptors (Lipinski definition) is 6. The van der Waals surface area contributed by atoms with Gasteiger partial charge >= 0.3 is 0 Å². The van der Waals surface area contributed by atoms with Gasteiger partial charge in [-0.3, -0.25) is 4.18 Å². The summed E-state index contributed by atoms with van der Waals surface area (Å²) in [6, 6.07) is 22.9. The second-order valence-corrected chi connectivity index (χ2v) is 9.41. The lowest BCUT2D eigenvalue weighted by molar-refractivity contribution is -0.231. The molecule has 0 spiro atoms. The fourth-order valence-electron chi connectivity index (χ4n) is 3.83. The zero-order valence-electron chi connectivity index (χ0n) is 17.3. The van der Waals surface area contributed by atoms with Crippen LogP contribution in [-0.4, -0.2) is 38.1 Å². The molecule has 3 aromatic carbocycles. The molecule has 0 aromatic heterocycles. The van der Waals surface area contributed by atoms with Crippen LogP contribution in [0.25, 0.3) is 10.8 Å². The molecule has 4 rings (SSSR count). The molecule has 0 bridgehead atoms. The molecular formula is C24H26O6S. The van der Waals surface area contributed by atoms with E-state index in [2.05, 4.69) is 0 Å². The highest BCUT2D eigenvalue weighted by Crippen LogP contribution is 2.27. The van der Waals surface area contributed by atoms with E-state index in [0.29, 0.717) is 5.56 Å². The third-order valence-electron chi connectivity index (χ3n) is 5.36. The van der Waals surface area contributed by atoms with Crippen molar-refractivity contribution < 1.29 is 27.2 Å². The maximum atomic E-state index is 12.7. The number of benzene rings is 3. The molecule has 1 N–H and O–H groups in total. The molecule has 1 heterocycles. The second kappa shape index (κ2) is 9.46. The van der Waals surface area contributed by atoms with Crippen LogP contribution in [0.15, 0.2) is 72.8 Å². The minimum atomic E-state index is -3.87. The number of fused-ring (bicyclic) bond motifs is 1. The van der Waals surface area contributed by atoms with Crippen LogP contribution in [-0.2, 0) is 36.1 Å². The minimum absolute atomic E-state index is 0.128. The van der Waals surface area contributed by atoms with E-state index in [4.69, 9.17) is 13.7 Å². The van der Waals surface area contributed by atoms with Crippen molar-refractivity contribution in [3.63, 3.8) is 0 Å². The molecular weight excluding hydrogens is 416 g/mol. The van der Waals surface area contributed by atoms with Crippen LogP contribution in [0.1, 0.15) is 24.5 Å². The second-order valence-electron chi connectivity index (χ2n) is 7.81. The van der Waals surface area contributed by atoms with Crippen molar-refractivity contribution in [1.82, 2.24) is 0 Å². The molecule has 0 aliphatic carbocycles. The molecule has 31 heavy (non-hydrogen) atoms. The van der Waals surface area contributed by atoms with Gasteiger partial charge in [-0.05, 0) is 34.9 Å². The van der Waals surface area contributed by atoms with Gasteiger partial charge in [0.05, 0.1) is 18.8 Å². The van der Waals surface area contributed by atoms with Gasteiger partial charge < -0.3 is 14.6 Å². The van der Waals surface area contributed by atoms with Crippen LogP contribution < -0.4 is 0 Å². The molecule has 4 atom stereocenters. The first-order valence-corrected chi connectivity index (χ1v) is 11.8. The summed E-state index contributed by atoms with van der Waals surface area (Å²) in [5.74, 6) is -0.239. The largest absolute Gasteiger partial charge is 0.370 e. The van der Waals surface area contributed by atoms with Crippen molar-refractivity contribution in [1.29, 1.82) is 0 Å². The smallest absolute Gasteiger partial charge is 0.271 e. The van der Waals surface area contributed by atoms with Gasteiger partial charge in [0.2, 0.25) is 0 Å². The van der Waals surface area contributed by atoms with Crippen LogP contribution in [0.3, 0.4) is 0 Å². The Morgan fingerprint density at radius 2 is 1.68 bits per heavy atom. The maximum Gasteiger partial charge on any atom is 0.271 e. The molecule has 1 aliphatic heterocycles. The van der Waals surface area contributed by atoms with Crippen LogP contribution >= 0.6 is 0 Å². The van der Waals surface area contributed by atoms with Crippen molar-refractivity contribution in [2.45, 2.75) is 50.3 Å². The van der Waals surface area contributed by atoms with E-state index in [0.717, 1.165) is 16.3 Å². The zero-order valence-corrected chi connectivity index (χ0v) is 18.1. The van der Waals surface area contributed by atoms with Gasteiger partial charge in [0.1, 0.15) is 11.9 Å². The minimum Gasteiger partial charge on any atom is -0.370 e. The Morgan fingerprint density at radius 3 is 2.45 bits per heavy atom. The standard InChI is InChI=1S/C24H26O6S/c1-17-24(30-31(26,27)16-18-7-3-2-4-8-18)22(14-23(25)29-17)28-15-19-11-12-20-9-5-6-10-21(20)13-19/h2-13,17,22-25H,14-16H2,1H3/t17-,22-,23-,24-/m1/s1. The van der Waals surface area contributed by atoms with Crippen molar-refractivity contribution >= 4 is 20.9 Å². The lowest BCUT2D eigenvalue weighted by Gasteiger charge is -2.37. The molecule has 7 heteroatoms. The van der Waals surface area contributed by atoms with E-state index in [1.54, 1.807) is 31.2 Å². The number of hydrogen-bond donors (Lipinski definition) is 1. The van der Waals surface area contributed by atoms with E-state index in [1.807, 2.05) is 48.5 Å². The fraction of sp³-hybridized carbons (Fsp3) is 0.333. The van der Waals surface area contributed by atoms with E-state index in [9.17, 15) is 13.5 Å². The quantitative estimate of drug-likeness (QED) is 0.561. The lowest BCUT2D eigenvalue weighted by atomic mass is 10.0.